The molecule has 1 aromatic carbocycles. The first-order chi connectivity index (χ1) is 8.22. The van der Waals surface area contributed by atoms with Crippen LogP contribution in [0.5, 0.6) is 5.75 Å². The lowest BCUT2D eigenvalue weighted by atomic mass is 10.2. The lowest BCUT2D eigenvalue weighted by Gasteiger charge is -2.11. The monoisotopic (exact) mass is 317 g/mol. The predicted octanol–water partition coefficient (Wildman–Crippen LogP) is 3.42. The van der Waals surface area contributed by atoms with Gasteiger partial charge in [0.2, 0.25) is 0 Å². The summed E-state index contributed by atoms with van der Waals surface area (Å²) < 4.78 is 6.68. The van der Waals surface area contributed by atoms with Gasteiger partial charge in [-0.3, -0.25) is 0 Å². The van der Waals surface area contributed by atoms with Crippen LogP contribution >= 0.6 is 27.7 Å². The Labute approximate surface area is 117 Å². The second-order valence-electron chi connectivity index (χ2n) is 4.07. The molecule has 0 fully saturated rings. The lowest BCUT2D eigenvalue weighted by Crippen LogP contribution is -2.26. The van der Waals surface area contributed by atoms with Gasteiger partial charge in [0.15, 0.2) is 0 Å². The van der Waals surface area contributed by atoms with Gasteiger partial charge in [0, 0.05) is 11.0 Å². The highest BCUT2D eigenvalue weighted by molar-refractivity contribution is 9.10. The zero-order valence-electron chi connectivity index (χ0n) is 10.4. The average Bonchev–Trinajstić information content (AvgIpc) is 2.29. The van der Waals surface area contributed by atoms with Gasteiger partial charge in [0.25, 0.3) is 0 Å². The van der Waals surface area contributed by atoms with Crippen molar-refractivity contribution in [2.75, 3.05) is 31.7 Å². The number of nitrogens with one attached hydrogen (secondary N) is 1. The van der Waals surface area contributed by atoms with Crippen LogP contribution in [-0.2, 0) is 0 Å². The fraction of sp³-hybridized carbons (Fsp3) is 0.538. The van der Waals surface area contributed by atoms with Crippen molar-refractivity contribution < 1.29 is 4.74 Å². The van der Waals surface area contributed by atoms with Gasteiger partial charge in [0.1, 0.15) is 12.4 Å². The van der Waals surface area contributed by atoms with Crippen LogP contribution in [0.1, 0.15) is 6.92 Å². The molecule has 2 nitrogen and oxygen atoms in total. The zero-order valence-corrected chi connectivity index (χ0v) is 12.8. The molecule has 1 aromatic rings. The molecule has 0 bridgehead atoms. The molecule has 4 heteroatoms. The van der Waals surface area contributed by atoms with Crippen LogP contribution in [0.2, 0.25) is 0 Å². The van der Waals surface area contributed by atoms with Gasteiger partial charge in [-0.25, -0.2) is 0 Å². The van der Waals surface area contributed by atoms with Crippen molar-refractivity contribution in [2.45, 2.75) is 6.92 Å². The standard InChI is InChI=1S/C13H20BrNOS/c1-11(10-17-2)9-15-6-7-16-13-5-3-4-12(14)8-13/h3-5,8,11,15H,6-7,9-10H2,1-2H3. The van der Waals surface area contributed by atoms with E-state index in [0.29, 0.717) is 6.61 Å². The van der Waals surface area contributed by atoms with E-state index in [0.717, 1.165) is 29.2 Å². The van der Waals surface area contributed by atoms with Crippen molar-refractivity contribution in [1.29, 1.82) is 0 Å². The van der Waals surface area contributed by atoms with E-state index in [2.05, 4.69) is 34.4 Å². The van der Waals surface area contributed by atoms with Gasteiger partial charge < -0.3 is 10.1 Å². The summed E-state index contributed by atoms with van der Waals surface area (Å²) >= 11 is 5.32. The molecule has 0 saturated heterocycles. The minimum absolute atomic E-state index is 0.711. The molecule has 17 heavy (non-hydrogen) atoms. The van der Waals surface area contributed by atoms with Crippen LogP contribution in [0.3, 0.4) is 0 Å². The fourth-order valence-electron chi connectivity index (χ4n) is 1.49. The fourth-order valence-corrected chi connectivity index (χ4v) is 2.55. The topological polar surface area (TPSA) is 21.3 Å². The first kappa shape index (κ1) is 14.9. The maximum absolute atomic E-state index is 5.63. The quantitative estimate of drug-likeness (QED) is 0.742. The summed E-state index contributed by atoms with van der Waals surface area (Å²) in [6.07, 6.45) is 2.15. The third-order valence-corrected chi connectivity index (χ3v) is 3.68. The number of benzene rings is 1. The van der Waals surface area contributed by atoms with Crippen molar-refractivity contribution in [3.8, 4) is 5.75 Å². The maximum atomic E-state index is 5.63. The zero-order chi connectivity index (χ0) is 12.5. The Hall–Kier alpha value is -0.190. The third kappa shape index (κ3) is 6.96. The highest BCUT2D eigenvalue weighted by atomic mass is 79.9. The number of ether oxygens (including phenoxy) is 1. The number of hydrogen-bond donors (Lipinski definition) is 1. The molecule has 0 aromatic heterocycles. The molecule has 96 valence electrons. The van der Waals surface area contributed by atoms with Crippen LogP contribution in [0.4, 0.5) is 0 Å². The van der Waals surface area contributed by atoms with Crippen LogP contribution < -0.4 is 10.1 Å². The highest BCUT2D eigenvalue weighted by Gasteiger charge is 1.99. The summed E-state index contributed by atoms with van der Waals surface area (Å²) in [5, 5.41) is 3.40. The molecule has 0 aliphatic heterocycles. The number of hydrogen-bond acceptors (Lipinski definition) is 3. The van der Waals surface area contributed by atoms with Crippen molar-refractivity contribution in [2.24, 2.45) is 5.92 Å². The van der Waals surface area contributed by atoms with Gasteiger partial charge >= 0.3 is 0 Å². The van der Waals surface area contributed by atoms with Gasteiger partial charge in [0.05, 0.1) is 0 Å². The SMILES string of the molecule is CSCC(C)CNCCOc1cccc(Br)c1. The van der Waals surface area contributed by atoms with Crippen LogP contribution in [0.25, 0.3) is 0 Å². The van der Waals surface area contributed by atoms with Crippen LogP contribution in [0, 0.1) is 5.92 Å². The van der Waals surface area contributed by atoms with E-state index in [1.807, 2.05) is 36.0 Å². The third-order valence-electron chi connectivity index (χ3n) is 2.29. The van der Waals surface area contributed by atoms with Crippen molar-refractivity contribution in [3.05, 3.63) is 28.7 Å². The Kier molecular flexibility index (Phi) is 7.73. The molecule has 0 heterocycles. The van der Waals surface area contributed by atoms with Crippen LogP contribution in [-0.4, -0.2) is 31.7 Å². The summed E-state index contributed by atoms with van der Waals surface area (Å²) in [6.45, 7) is 4.93. The van der Waals surface area contributed by atoms with Gasteiger partial charge in [-0.2, -0.15) is 11.8 Å². The lowest BCUT2D eigenvalue weighted by molar-refractivity contribution is 0.311. The van der Waals surface area contributed by atoms with Gasteiger partial charge in [-0.1, -0.05) is 28.9 Å². The van der Waals surface area contributed by atoms with E-state index < -0.39 is 0 Å². The molecular weight excluding hydrogens is 298 g/mol. The molecule has 1 unspecified atom stereocenters. The minimum Gasteiger partial charge on any atom is -0.492 e. The van der Waals surface area contributed by atoms with E-state index in [1.54, 1.807) is 0 Å². The second kappa shape index (κ2) is 8.84. The van der Waals surface area contributed by atoms with Gasteiger partial charge in [-0.05, 0) is 42.7 Å². The number of halogens is 1. The smallest absolute Gasteiger partial charge is 0.120 e. The minimum atomic E-state index is 0.711. The van der Waals surface area contributed by atoms with Crippen molar-refractivity contribution in [1.82, 2.24) is 5.32 Å². The first-order valence-electron chi connectivity index (χ1n) is 5.80. The van der Waals surface area contributed by atoms with Crippen LogP contribution in [0.15, 0.2) is 28.7 Å². The van der Waals surface area contributed by atoms with Crippen molar-refractivity contribution in [3.63, 3.8) is 0 Å². The largest absolute Gasteiger partial charge is 0.492 e. The Morgan fingerprint density at radius 2 is 2.29 bits per heavy atom. The maximum Gasteiger partial charge on any atom is 0.120 e. The Bertz CT molecular complexity index is 322. The van der Waals surface area contributed by atoms with E-state index in [4.69, 9.17) is 4.74 Å². The van der Waals surface area contributed by atoms with Crippen molar-refractivity contribution >= 4 is 27.7 Å². The number of thioether (sulfide) groups is 1. The molecule has 1 atom stereocenters. The summed E-state index contributed by atoms with van der Waals surface area (Å²) in [4.78, 5) is 0. The Morgan fingerprint density at radius 1 is 1.47 bits per heavy atom. The first-order valence-corrected chi connectivity index (χ1v) is 7.99. The summed E-state index contributed by atoms with van der Waals surface area (Å²) in [5.41, 5.74) is 0. The average molecular weight is 318 g/mol. The molecule has 0 radical (unpaired) electrons. The normalized spacial score (nSPS) is 12.4. The van der Waals surface area contributed by atoms with Gasteiger partial charge in [-0.15, -0.1) is 0 Å². The molecule has 1 N–H and O–H groups in total. The molecular formula is C13H20BrNOS. The second-order valence-corrected chi connectivity index (χ2v) is 5.90. The summed E-state index contributed by atoms with van der Waals surface area (Å²) in [6, 6.07) is 7.93. The van der Waals surface area contributed by atoms with E-state index in [1.165, 1.54) is 5.75 Å². The molecule has 0 amide bonds. The number of rotatable bonds is 8. The molecule has 0 saturated carbocycles. The predicted molar refractivity (Wildman–Crippen MR) is 80.1 cm³/mol. The Morgan fingerprint density at radius 3 is 3.00 bits per heavy atom. The van der Waals surface area contributed by atoms with E-state index in [9.17, 15) is 0 Å². The van der Waals surface area contributed by atoms with E-state index in [-0.39, 0.29) is 0 Å². The summed E-state index contributed by atoms with van der Waals surface area (Å²) in [5.74, 6) is 2.84. The molecule has 0 aliphatic carbocycles. The van der Waals surface area contributed by atoms with E-state index >= 15 is 0 Å². The summed E-state index contributed by atoms with van der Waals surface area (Å²) in [7, 11) is 0. The Balaban J connectivity index is 2.08. The molecule has 1 rings (SSSR count). The highest BCUT2D eigenvalue weighted by Crippen LogP contribution is 2.17. The molecule has 0 spiro atoms. The molecule has 0 aliphatic rings.